The summed E-state index contributed by atoms with van der Waals surface area (Å²) >= 11 is 0. The Morgan fingerprint density at radius 2 is 2.39 bits per heavy atom. The molecule has 1 saturated carbocycles. The van der Waals surface area contributed by atoms with Crippen molar-refractivity contribution >= 4 is 5.91 Å². The highest BCUT2D eigenvalue weighted by atomic mass is 16.5. The fourth-order valence-corrected chi connectivity index (χ4v) is 1.99. The number of aromatic nitrogens is 1. The van der Waals surface area contributed by atoms with Crippen molar-refractivity contribution in [2.45, 2.75) is 19.4 Å². The molecule has 1 fully saturated rings. The second kappa shape index (κ2) is 5.54. The van der Waals surface area contributed by atoms with Gasteiger partial charge < -0.3 is 20.4 Å². The van der Waals surface area contributed by atoms with E-state index in [4.69, 9.17) is 10.5 Å². The highest BCUT2D eigenvalue weighted by Gasteiger charge is 2.41. The molecule has 0 radical (unpaired) electrons. The lowest BCUT2D eigenvalue weighted by molar-refractivity contribution is 0.0933. The predicted molar refractivity (Wildman–Crippen MR) is 69.4 cm³/mol. The molecule has 0 aliphatic heterocycles. The largest absolute Gasteiger partial charge is 0.383 e. The van der Waals surface area contributed by atoms with Gasteiger partial charge >= 0.3 is 0 Å². The number of rotatable bonds is 7. The summed E-state index contributed by atoms with van der Waals surface area (Å²) in [4.78, 5) is 12.1. The Morgan fingerprint density at radius 3 is 3.00 bits per heavy atom. The number of ether oxygens (including phenoxy) is 1. The molecular formula is C13H21N3O2. The van der Waals surface area contributed by atoms with Crippen LogP contribution in [0.25, 0.3) is 0 Å². The summed E-state index contributed by atoms with van der Waals surface area (Å²) in [5.41, 5.74) is 6.54. The second-order valence-corrected chi connectivity index (χ2v) is 4.97. The number of carbonyl (C=O) groups excluding carboxylic acids is 1. The van der Waals surface area contributed by atoms with Crippen LogP contribution in [0.3, 0.4) is 0 Å². The average molecular weight is 251 g/mol. The van der Waals surface area contributed by atoms with Crippen LogP contribution in [0.5, 0.6) is 0 Å². The molecule has 5 nitrogen and oxygen atoms in total. The first-order chi connectivity index (χ1) is 8.71. The number of carbonyl (C=O) groups is 1. The number of nitrogens with one attached hydrogen (secondary N) is 1. The zero-order valence-corrected chi connectivity index (χ0v) is 10.8. The number of hydrogen-bond donors (Lipinski definition) is 2. The molecular weight excluding hydrogens is 230 g/mol. The third kappa shape index (κ3) is 2.91. The third-order valence-corrected chi connectivity index (χ3v) is 3.61. The van der Waals surface area contributed by atoms with E-state index in [2.05, 4.69) is 5.32 Å². The SMILES string of the molecule is COCCn1cccc1C(=O)NCC1(CN)CC1. The molecule has 1 aliphatic carbocycles. The maximum Gasteiger partial charge on any atom is 0.267 e. The molecule has 3 N–H and O–H groups in total. The Morgan fingerprint density at radius 1 is 1.61 bits per heavy atom. The monoisotopic (exact) mass is 251 g/mol. The van der Waals surface area contributed by atoms with Crippen LogP contribution in [0, 0.1) is 5.41 Å². The lowest BCUT2D eigenvalue weighted by Crippen LogP contribution is -2.34. The third-order valence-electron chi connectivity index (χ3n) is 3.61. The molecule has 0 aromatic carbocycles. The predicted octanol–water partition coefficient (Wildman–Crippen LogP) is 0.603. The molecule has 100 valence electrons. The number of nitrogens with two attached hydrogens (primary N) is 1. The fraction of sp³-hybridized carbons (Fsp3) is 0.615. The first-order valence-electron chi connectivity index (χ1n) is 6.33. The molecule has 2 rings (SSSR count). The van der Waals surface area contributed by atoms with E-state index in [1.807, 2.05) is 22.9 Å². The molecule has 0 spiro atoms. The molecule has 0 bridgehead atoms. The Balaban J connectivity index is 1.90. The van der Waals surface area contributed by atoms with E-state index in [-0.39, 0.29) is 11.3 Å². The summed E-state index contributed by atoms with van der Waals surface area (Å²) in [6.07, 6.45) is 4.13. The number of nitrogens with zero attached hydrogens (tertiary/aromatic N) is 1. The average Bonchev–Trinajstić information content (AvgIpc) is 3.03. The zero-order valence-electron chi connectivity index (χ0n) is 10.8. The molecule has 1 heterocycles. The van der Waals surface area contributed by atoms with Gasteiger partial charge in [0.25, 0.3) is 5.91 Å². The molecule has 1 amide bonds. The van der Waals surface area contributed by atoms with Crippen LogP contribution in [0.4, 0.5) is 0 Å². The fourth-order valence-electron chi connectivity index (χ4n) is 1.99. The lowest BCUT2D eigenvalue weighted by atomic mass is 10.1. The van der Waals surface area contributed by atoms with Gasteiger partial charge in [0.05, 0.1) is 6.61 Å². The van der Waals surface area contributed by atoms with E-state index in [1.54, 1.807) is 7.11 Å². The van der Waals surface area contributed by atoms with Gasteiger partial charge in [-0.25, -0.2) is 0 Å². The Hall–Kier alpha value is -1.33. The van der Waals surface area contributed by atoms with Gasteiger partial charge in [-0.1, -0.05) is 0 Å². The maximum atomic E-state index is 12.1. The van der Waals surface area contributed by atoms with Crippen molar-refractivity contribution in [2.24, 2.45) is 11.1 Å². The normalized spacial score (nSPS) is 16.6. The van der Waals surface area contributed by atoms with Crippen molar-refractivity contribution in [3.05, 3.63) is 24.0 Å². The second-order valence-electron chi connectivity index (χ2n) is 4.97. The van der Waals surface area contributed by atoms with Crippen LogP contribution in [0.15, 0.2) is 18.3 Å². The van der Waals surface area contributed by atoms with Crippen molar-refractivity contribution in [3.63, 3.8) is 0 Å². The molecule has 0 unspecified atom stereocenters. The molecule has 0 atom stereocenters. The van der Waals surface area contributed by atoms with Crippen molar-refractivity contribution < 1.29 is 9.53 Å². The van der Waals surface area contributed by atoms with Crippen LogP contribution < -0.4 is 11.1 Å². The van der Waals surface area contributed by atoms with Crippen LogP contribution in [-0.4, -0.2) is 37.3 Å². The van der Waals surface area contributed by atoms with E-state index in [0.29, 0.717) is 31.9 Å². The van der Waals surface area contributed by atoms with Gasteiger partial charge in [-0.2, -0.15) is 0 Å². The molecule has 1 aliphatic rings. The van der Waals surface area contributed by atoms with Crippen molar-refractivity contribution in [2.75, 3.05) is 26.8 Å². The van der Waals surface area contributed by atoms with E-state index in [1.165, 1.54) is 0 Å². The lowest BCUT2D eigenvalue weighted by Gasteiger charge is -2.14. The summed E-state index contributed by atoms with van der Waals surface area (Å²) in [5, 5.41) is 2.97. The Labute approximate surface area is 107 Å². The van der Waals surface area contributed by atoms with Gasteiger partial charge in [0, 0.05) is 31.8 Å². The van der Waals surface area contributed by atoms with Gasteiger partial charge in [0.1, 0.15) is 5.69 Å². The van der Waals surface area contributed by atoms with E-state index >= 15 is 0 Å². The van der Waals surface area contributed by atoms with Gasteiger partial charge in [0.15, 0.2) is 0 Å². The topological polar surface area (TPSA) is 69.3 Å². The van der Waals surface area contributed by atoms with E-state index < -0.39 is 0 Å². The highest BCUT2D eigenvalue weighted by Crippen LogP contribution is 2.43. The zero-order chi connectivity index (χ0) is 13.0. The van der Waals surface area contributed by atoms with E-state index in [9.17, 15) is 4.79 Å². The molecule has 18 heavy (non-hydrogen) atoms. The molecule has 1 aromatic heterocycles. The first-order valence-corrected chi connectivity index (χ1v) is 6.33. The summed E-state index contributed by atoms with van der Waals surface area (Å²) < 4.78 is 6.93. The summed E-state index contributed by atoms with van der Waals surface area (Å²) in [5.74, 6) is -0.0316. The first kappa shape index (κ1) is 13.1. The number of methoxy groups -OCH3 is 1. The smallest absolute Gasteiger partial charge is 0.267 e. The van der Waals surface area contributed by atoms with Gasteiger partial charge in [-0.05, 0) is 31.5 Å². The Bertz CT molecular complexity index is 410. The van der Waals surface area contributed by atoms with Crippen molar-refractivity contribution in [1.29, 1.82) is 0 Å². The minimum atomic E-state index is -0.0316. The standard InChI is InChI=1S/C13H21N3O2/c1-18-8-7-16-6-2-3-11(16)12(17)15-10-13(9-14)4-5-13/h2-3,6H,4-5,7-10,14H2,1H3,(H,15,17). The van der Waals surface area contributed by atoms with Crippen molar-refractivity contribution in [1.82, 2.24) is 9.88 Å². The minimum Gasteiger partial charge on any atom is -0.383 e. The molecule has 1 aromatic rings. The van der Waals surface area contributed by atoms with Crippen molar-refractivity contribution in [3.8, 4) is 0 Å². The highest BCUT2D eigenvalue weighted by molar-refractivity contribution is 5.92. The number of hydrogen-bond acceptors (Lipinski definition) is 3. The quantitative estimate of drug-likeness (QED) is 0.745. The summed E-state index contributed by atoms with van der Waals surface area (Å²) in [6, 6.07) is 3.70. The summed E-state index contributed by atoms with van der Waals surface area (Å²) in [7, 11) is 1.65. The Kier molecular flexibility index (Phi) is 4.04. The maximum absolute atomic E-state index is 12.1. The summed E-state index contributed by atoms with van der Waals surface area (Å²) in [6.45, 7) is 2.62. The minimum absolute atomic E-state index is 0.0316. The van der Waals surface area contributed by atoms with Gasteiger partial charge in [-0.15, -0.1) is 0 Å². The van der Waals surface area contributed by atoms with Gasteiger partial charge in [-0.3, -0.25) is 4.79 Å². The van der Waals surface area contributed by atoms with Crippen LogP contribution in [0.2, 0.25) is 0 Å². The van der Waals surface area contributed by atoms with Gasteiger partial charge in [0.2, 0.25) is 0 Å². The van der Waals surface area contributed by atoms with Crippen LogP contribution in [-0.2, 0) is 11.3 Å². The molecule has 0 saturated heterocycles. The van der Waals surface area contributed by atoms with E-state index in [0.717, 1.165) is 12.8 Å². The van der Waals surface area contributed by atoms with Crippen LogP contribution >= 0.6 is 0 Å². The number of amides is 1. The van der Waals surface area contributed by atoms with Crippen LogP contribution in [0.1, 0.15) is 23.3 Å². The molecule has 5 heteroatoms.